The Morgan fingerprint density at radius 3 is 2.12 bits per heavy atom. The number of hydrogen-bond acceptors (Lipinski definition) is 6. The van der Waals surface area contributed by atoms with Gasteiger partial charge in [-0.15, -0.1) is 0 Å². The Kier molecular flexibility index (Phi) is 9.31. The van der Waals surface area contributed by atoms with E-state index in [4.69, 9.17) is 9.47 Å². The van der Waals surface area contributed by atoms with Gasteiger partial charge in [-0.05, 0) is 62.7 Å². The van der Waals surface area contributed by atoms with E-state index >= 15 is 0 Å². The van der Waals surface area contributed by atoms with Crippen molar-refractivity contribution in [2.75, 3.05) is 31.3 Å². The number of hydrogen-bond donors (Lipinski definition) is 1. The molecule has 186 valence electrons. The molecule has 0 aliphatic heterocycles. The van der Waals surface area contributed by atoms with Gasteiger partial charge < -0.3 is 19.7 Å². The lowest BCUT2D eigenvalue weighted by molar-refractivity contribution is -0.139. The number of carbonyl (C=O) groups is 2. The molecule has 0 fully saturated rings. The first kappa shape index (κ1) is 27.0. The molecule has 0 radical (unpaired) electrons. The minimum absolute atomic E-state index is 0.100. The third kappa shape index (κ3) is 7.38. The summed E-state index contributed by atoms with van der Waals surface area (Å²) in [6, 6.07) is 12.6. The number of benzene rings is 2. The molecule has 9 nitrogen and oxygen atoms in total. The minimum atomic E-state index is -3.79. The Morgan fingerprint density at radius 2 is 1.59 bits per heavy atom. The lowest BCUT2D eigenvalue weighted by Gasteiger charge is -2.32. The minimum Gasteiger partial charge on any atom is -0.497 e. The Balaban J connectivity index is 2.39. The summed E-state index contributed by atoms with van der Waals surface area (Å²) in [6.07, 6.45) is 1.03. The van der Waals surface area contributed by atoms with Crippen LogP contribution in [-0.2, 0) is 26.2 Å². The molecule has 2 amide bonds. The molecule has 0 aromatic heterocycles. The van der Waals surface area contributed by atoms with Crippen LogP contribution in [0.5, 0.6) is 11.5 Å². The van der Waals surface area contributed by atoms with Crippen LogP contribution in [0, 0.1) is 0 Å². The molecule has 10 heteroatoms. The maximum atomic E-state index is 13.5. The number of methoxy groups -OCH3 is 2. The molecule has 2 rings (SSSR count). The molecule has 0 unspecified atom stereocenters. The Bertz CT molecular complexity index is 1090. The highest BCUT2D eigenvalue weighted by molar-refractivity contribution is 7.92. The summed E-state index contributed by atoms with van der Waals surface area (Å²) in [6.45, 7) is 4.91. The second-order valence-corrected chi connectivity index (χ2v) is 10.1. The topological polar surface area (TPSA) is 105 Å². The van der Waals surface area contributed by atoms with Crippen LogP contribution >= 0.6 is 0 Å². The predicted molar refractivity (Wildman–Crippen MR) is 131 cm³/mol. The van der Waals surface area contributed by atoms with Gasteiger partial charge in [-0.25, -0.2) is 8.42 Å². The van der Waals surface area contributed by atoms with Gasteiger partial charge in [0, 0.05) is 12.6 Å². The van der Waals surface area contributed by atoms with Crippen molar-refractivity contribution in [1.82, 2.24) is 10.2 Å². The molecule has 0 bridgehead atoms. The Hall–Kier alpha value is -3.27. The lowest BCUT2D eigenvalue weighted by Crippen LogP contribution is -2.52. The Labute approximate surface area is 201 Å². The van der Waals surface area contributed by atoms with E-state index < -0.39 is 28.5 Å². The van der Waals surface area contributed by atoms with Crippen molar-refractivity contribution in [3.05, 3.63) is 54.1 Å². The largest absolute Gasteiger partial charge is 0.497 e. The molecule has 34 heavy (non-hydrogen) atoms. The highest BCUT2D eigenvalue weighted by Crippen LogP contribution is 2.22. The van der Waals surface area contributed by atoms with Crippen LogP contribution in [0.3, 0.4) is 0 Å². The van der Waals surface area contributed by atoms with E-state index in [9.17, 15) is 18.0 Å². The van der Waals surface area contributed by atoms with Crippen LogP contribution in [0.1, 0.15) is 26.3 Å². The highest BCUT2D eigenvalue weighted by atomic mass is 32.2. The van der Waals surface area contributed by atoms with Gasteiger partial charge in [0.25, 0.3) is 0 Å². The molecular weight excluding hydrogens is 458 g/mol. The summed E-state index contributed by atoms with van der Waals surface area (Å²) >= 11 is 0. The fourth-order valence-corrected chi connectivity index (χ4v) is 4.17. The van der Waals surface area contributed by atoms with Gasteiger partial charge in [0.1, 0.15) is 24.1 Å². The van der Waals surface area contributed by atoms with E-state index in [-0.39, 0.29) is 18.5 Å². The summed E-state index contributed by atoms with van der Waals surface area (Å²) in [5.74, 6) is 0.319. The van der Waals surface area contributed by atoms with Crippen molar-refractivity contribution in [3.8, 4) is 11.5 Å². The summed E-state index contributed by atoms with van der Waals surface area (Å²) in [4.78, 5) is 27.6. The second kappa shape index (κ2) is 11.7. The van der Waals surface area contributed by atoms with Gasteiger partial charge in [-0.2, -0.15) is 0 Å². The quantitative estimate of drug-likeness (QED) is 0.518. The average molecular weight is 492 g/mol. The first-order valence-corrected chi connectivity index (χ1v) is 12.7. The van der Waals surface area contributed by atoms with E-state index in [2.05, 4.69) is 5.32 Å². The van der Waals surface area contributed by atoms with Crippen molar-refractivity contribution < 1.29 is 27.5 Å². The molecule has 1 N–H and O–H groups in total. The normalized spacial score (nSPS) is 12.1. The van der Waals surface area contributed by atoms with Crippen LogP contribution in [0.2, 0.25) is 0 Å². The summed E-state index contributed by atoms with van der Waals surface area (Å²) in [5, 5.41) is 2.81. The molecule has 2 aromatic rings. The fourth-order valence-electron chi connectivity index (χ4n) is 3.32. The van der Waals surface area contributed by atoms with Gasteiger partial charge in [0.05, 0.1) is 26.2 Å². The SMILES string of the molecule is COc1ccc(N(CC(=O)N(Cc2cccc(OC)c2)[C@@H](C)C(=O)NC(C)C)S(C)(=O)=O)cc1. The van der Waals surface area contributed by atoms with Crippen molar-refractivity contribution in [2.24, 2.45) is 0 Å². The molecular formula is C24H33N3O6S. The van der Waals surface area contributed by atoms with Crippen molar-refractivity contribution in [2.45, 2.75) is 39.4 Å². The van der Waals surface area contributed by atoms with Crippen molar-refractivity contribution in [3.63, 3.8) is 0 Å². The third-order valence-corrected chi connectivity index (χ3v) is 6.27. The van der Waals surface area contributed by atoms with Gasteiger partial charge in [0.15, 0.2) is 0 Å². The second-order valence-electron chi connectivity index (χ2n) is 8.18. The summed E-state index contributed by atoms with van der Waals surface area (Å²) in [5.41, 5.74) is 1.06. The maximum Gasteiger partial charge on any atom is 0.244 e. The van der Waals surface area contributed by atoms with Gasteiger partial charge in [-0.3, -0.25) is 13.9 Å². The Morgan fingerprint density at radius 1 is 0.971 bits per heavy atom. The number of amides is 2. The molecule has 0 saturated carbocycles. The zero-order valence-corrected chi connectivity index (χ0v) is 21.3. The lowest BCUT2D eigenvalue weighted by atomic mass is 10.1. The third-order valence-electron chi connectivity index (χ3n) is 5.12. The number of carbonyl (C=O) groups excluding carboxylic acids is 2. The zero-order valence-electron chi connectivity index (χ0n) is 20.4. The molecule has 0 heterocycles. The molecule has 0 aliphatic rings. The fraction of sp³-hybridized carbons (Fsp3) is 0.417. The summed E-state index contributed by atoms with van der Waals surface area (Å²) in [7, 11) is -0.742. The molecule has 0 spiro atoms. The van der Waals surface area contributed by atoms with E-state index in [0.717, 1.165) is 16.1 Å². The molecule has 0 saturated heterocycles. The van der Waals surface area contributed by atoms with Crippen molar-refractivity contribution >= 4 is 27.5 Å². The molecule has 1 atom stereocenters. The predicted octanol–water partition coefficient (Wildman–Crippen LogP) is 2.41. The first-order chi connectivity index (χ1) is 16.0. The standard InChI is InChI=1S/C24H33N3O6S/c1-17(2)25-24(29)18(3)26(15-19-8-7-9-22(14-19)33-5)23(28)16-27(34(6,30)31)20-10-12-21(32-4)13-11-20/h7-14,17-18H,15-16H2,1-6H3,(H,25,29)/t18-/m0/s1. The van der Waals surface area contributed by atoms with Gasteiger partial charge in [0.2, 0.25) is 21.8 Å². The monoisotopic (exact) mass is 491 g/mol. The number of nitrogens with one attached hydrogen (secondary N) is 1. The van der Waals surface area contributed by atoms with Crippen LogP contribution in [-0.4, -0.2) is 64.2 Å². The van der Waals surface area contributed by atoms with Gasteiger partial charge in [-0.1, -0.05) is 12.1 Å². The first-order valence-electron chi connectivity index (χ1n) is 10.8. The molecule has 2 aromatic carbocycles. The number of anilines is 1. The number of nitrogens with zero attached hydrogens (tertiary/aromatic N) is 2. The average Bonchev–Trinajstić information content (AvgIpc) is 2.79. The van der Waals surface area contributed by atoms with Crippen LogP contribution < -0.4 is 19.1 Å². The zero-order chi connectivity index (χ0) is 25.5. The number of ether oxygens (including phenoxy) is 2. The van der Waals surface area contributed by atoms with E-state index in [1.165, 1.54) is 12.0 Å². The highest BCUT2D eigenvalue weighted by Gasteiger charge is 2.30. The maximum absolute atomic E-state index is 13.5. The van der Waals surface area contributed by atoms with E-state index in [1.807, 2.05) is 19.9 Å². The summed E-state index contributed by atoms with van der Waals surface area (Å²) < 4.78 is 36.5. The number of sulfonamides is 1. The number of rotatable bonds is 11. The van der Waals surface area contributed by atoms with Crippen LogP contribution in [0.25, 0.3) is 0 Å². The van der Waals surface area contributed by atoms with E-state index in [1.54, 1.807) is 56.5 Å². The smallest absolute Gasteiger partial charge is 0.244 e. The van der Waals surface area contributed by atoms with Crippen molar-refractivity contribution in [1.29, 1.82) is 0 Å². The van der Waals surface area contributed by atoms with Crippen LogP contribution in [0.15, 0.2) is 48.5 Å². The van der Waals surface area contributed by atoms with Crippen LogP contribution in [0.4, 0.5) is 5.69 Å². The molecule has 0 aliphatic carbocycles. The van der Waals surface area contributed by atoms with E-state index in [0.29, 0.717) is 17.2 Å². The van der Waals surface area contributed by atoms with Gasteiger partial charge >= 0.3 is 0 Å².